The average molecular weight is 229 g/mol. The molecule has 0 bridgehead atoms. The van der Waals surface area contributed by atoms with E-state index in [-0.39, 0.29) is 6.10 Å². The molecule has 2 N–H and O–H groups in total. The van der Waals surface area contributed by atoms with E-state index in [1.165, 1.54) is 0 Å². The third-order valence-electron chi connectivity index (χ3n) is 4.61. The Kier molecular flexibility index (Phi) is 4.38. The summed E-state index contributed by atoms with van der Waals surface area (Å²) in [4.78, 5) is 0. The van der Waals surface area contributed by atoms with Crippen LogP contribution in [-0.4, -0.2) is 31.9 Å². The summed E-state index contributed by atoms with van der Waals surface area (Å²) in [7, 11) is -1.30. The molecule has 2 nitrogen and oxygen atoms in total. The first kappa shape index (κ1) is 13.2. The monoisotopic (exact) mass is 229 g/mol. The van der Waals surface area contributed by atoms with E-state index in [1.54, 1.807) is 0 Å². The summed E-state index contributed by atoms with van der Waals surface area (Å²) < 4.78 is 0. The van der Waals surface area contributed by atoms with Gasteiger partial charge in [0.05, 0.1) is 14.2 Å². The van der Waals surface area contributed by atoms with Gasteiger partial charge in [-0.25, -0.2) is 0 Å². The minimum absolute atomic E-state index is 0.111. The number of nitrogens with one attached hydrogen (secondary N) is 1. The smallest absolute Gasteiger partial charge is 0.0670 e. The molecule has 1 heterocycles. The molecule has 1 fully saturated rings. The van der Waals surface area contributed by atoms with Gasteiger partial charge in [-0.05, 0) is 19.0 Å². The van der Waals surface area contributed by atoms with Gasteiger partial charge in [0.15, 0.2) is 0 Å². The predicted octanol–water partition coefficient (Wildman–Crippen LogP) is 2.61. The van der Waals surface area contributed by atoms with E-state index in [4.69, 9.17) is 0 Å². The highest BCUT2D eigenvalue weighted by molar-refractivity contribution is 6.81. The first-order valence-electron chi connectivity index (χ1n) is 6.29. The topological polar surface area (TPSA) is 32.3 Å². The van der Waals surface area contributed by atoms with Crippen LogP contribution in [0, 0.1) is 0 Å². The lowest BCUT2D eigenvalue weighted by Gasteiger charge is -2.41. The van der Waals surface area contributed by atoms with Gasteiger partial charge in [0.25, 0.3) is 0 Å². The fourth-order valence-corrected chi connectivity index (χ4v) is 5.83. The van der Waals surface area contributed by atoms with Gasteiger partial charge in [-0.3, -0.25) is 0 Å². The summed E-state index contributed by atoms with van der Waals surface area (Å²) >= 11 is 0. The first-order valence-corrected chi connectivity index (χ1v) is 9.15. The summed E-state index contributed by atoms with van der Waals surface area (Å²) in [6.07, 6.45) is 1.04. The Hall–Kier alpha value is 0.137. The zero-order chi connectivity index (χ0) is 11.6. The zero-order valence-corrected chi connectivity index (χ0v) is 11.9. The second-order valence-corrected chi connectivity index (χ2v) is 11.7. The van der Waals surface area contributed by atoms with Crippen LogP contribution in [0.2, 0.25) is 23.7 Å². The van der Waals surface area contributed by atoms with Crippen molar-refractivity contribution in [1.82, 2.24) is 5.32 Å². The van der Waals surface area contributed by atoms with Crippen molar-refractivity contribution in [3.8, 4) is 0 Å². The predicted molar refractivity (Wildman–Crippen MR) is 69.0 cm³/mol. The quantitative estimate of drug-likeness (QED) is 0.710. The molecule has 1 unspecified atom stereocenters. The standard InChI is InChI=1S/C12H27NOSi/c1-9(2)15(5,10(3)4)8-12(14)11-6-7-13-11/h9-14H,6-8H2,1-5H3/t11?,12-/m1/s1. The lowest BCUT2D eigenvalue weighted by Crippen LogP contribution is -2.54. The second kappa shape index (κ2) is 4.98. The third-order valence-corrected chi connectivity index (χ3v) is 11.2. The summed E-state index contributed by atoms with van der Waals surface area (Å²) in [5.41, 5.74) is 1.51. The van der Waals surface area contributed by atoms with Crippen molar-refractivity contribution in [1.29, 1.82) is 0 Å². The molecule has 3 heteroatoms. The van der Waals surface area contributed by atoms with E-state index in [9.17, 15) is 5.11 Å². The lowest BCUT2D eigenvalue weighted by molar-refractivity contribution is 0.109. The normalized spacial score (nSPS) is 24.4. The number of hydrogen-bond donors (Lipinski definition) is 2. The van der Waals surface area contributed by atoms with Gasteiger partial charge in [-0.15, -0.1) is 0 Å². The molecule has 15 heavy (non-hydrogen) atoms. The van der Waals surface area contributed by atoms with Gasteiger partial charge >= 0.3 is 0 Å². The Morgan fingerprint density at radius 2 is 1.73 bits per heavy atom. The maximum absolute atomic E-state index is 10.2. The molecular formula is C12H27NOSi. The Bertz CT molecular complexity index is 194. The Balaban J connectivity index is 2.57. The molecule has 0 radical (unpaired) electrons. The van der Waals surface area contributed by atoms with Crippen LogP contribution in [0.3, 0.4) is 0 Å². The van der Waals surface area contributed by atoms with Crippen molar-refractivity contribution >= 4 is 8.07 Å². The highest BCUT2D eigenvalue weighted by Crippen LogP contribution is 2.37. The molecule has 0 aromatic carbocycles. The highest BCUT2D eigenvalue weighted by Gasteiger charge is 2.39. The minimum Gasteiger partial charge on any atom is -0.392 e. The number of aliphatic hydroxyl groups is 1. The van der Waals surface area contributed by atoms with Crippen LogP contribution < -0.4 is 5.32 Å². The fraction of sp³-hybridized carbons (Fsp3) is 1.00. The van der Waals surface area contributed by atoms with Crippen LogP contribution in [-0.2, 0) is 0 Å². The molecule has 1 aliphatic heterocycles. The van der Waals surface area contributed by atoms with E-state index in [0.717, 1.165) is 30.1 Å². The third kappa shape index (κ3) is 2.83. The van der Waals surface area contributed by atoms with E-state index in [2.05, 4.69) is 39.6 Å². The van der Waals surface area contributed by atoms with Crippen LogP contribution in [0.4, 0.5) is 0 Å². The summed E-state index contributed by atoms with van der Waals surface area (Å²) in [5.74, 6) is 0. The largest absolute Gasteiger partial charge is 0.392 e. The number of hydrogen-bond acceptors (Lipinski definition) is 2. The van der Waals surface area contributed by atoms with Gasteiger partial charge in [-0.1, -0.05) is 45.3 Å². The van der Waals surface area contributed by atoms with E-state index < -0.39 is 8.07 Å². The van der Waals surface area contributed by atoms with Crippen LogP contribution >= 0.6 is 0 Å². The van der Waals surface area contributed by atoms with Crippen molar-refractivity contribution in [3.63, 3.8) is 0 Å². The average Bonchev–Trinajstić information content (AvgIpc) is 1.99. The van der Waals surface area contributed by atoms with E-state index in [0.29, 0.717) is 6.04 Å². The SMILES string of the molecule is CC(C)[Si](C)(C[C@@H](O)C1CCN1)C(C)C. The van der Waals surface area contributed by atoms with Gasteiger partial charge in [0.2, 0.25) is 0 Å². The van der Waals surface area contributed by atoms with Gasteiger partial charge < -0.3 is 10.4 Å². The highest BCUT2D eigenvalue weighted by atomic mass is 28.3. The lowest BCUT2D eigenvalue weighted by atomic mass is 10.0. The Morgan fingerprint density at radius 3 is 2.00 bits per heavy atom. The van der Waals surface area contributed by atoms with Crippen LogP contribution in [0.5, 0.6) is 0 Å². The number of aliphatic hydroxyl groups excluding tert-OH is 1. The maximum Gasteiger partial charge on any atom is 0.0670 e. The molecule has 2 atom stereocenters. The molecule has 0 saturated carbocycles. The van der Waals surface area contributed by atoms with Gasteiger partial charge in [0, 0.05) is 6.04 Å². The van der Waals surface area contributed by atoms with E-state index >= 15 is 0 Å². The minimum atomic E-state index is -1.30. The molecular weight excluding hydrogens is 202 g/mol. The summed E-state index contributed by atoms with van der Waals surface area (Å²) in [6.45, 7) is 12.8. The van der Waals surface area contributed by atoms with Gasteiger partial charge in [-0.2, -0.15) is 0 Å². The fourth-order valence-electron chi connectivity index (χ4n) is 2.37. The van der Waals surface area contributed by atoms with Crippen molar-refractivity contribution < 1.29 is 5.11 Å². The zero-order valence-electron chi connectivity index (χ0n) is 10.9. The van der Waals surface area contributed by atoms with Gasteiger partial charge in [0.1, 0.15) is 0 Å². The molecule has 1 saturated heterocycles. The van der Waals surface area contributed by atoms with Crippen LogP contribution in [0.15, 0.2) is 0 Å². The Morgan fingerprint density at radius 1 is 1.27 bits per heavy atom. The molecule has 0 amide bonds. The summed E-state index contributed by atoms with van der Waals surface area (Å²) in [5, 5.41) is 13.5. The molecule has 1 rings (SSSR count). The molecule has 0 aromatic heterocycles. The maximum atomic E-state index is 10.2. The molecule has 90 valence electrons. The Labute approximate surface area is 95.5 Å². The van der Waals surface area contributed by atoms with Crippen molar-refractivity contribution in [3.05, 3.63) is 0 Å². The molecule has 1 aliphatic rings. The van der Waals surface area contributed by atoms with Crippen LogP contribution in [0.25, 0.3) is 0 Å². The molecule has 0 aromatic rings. The number of rotatable bonds is 5. The van der Waals surface area contributed by atoms with Crippen molar-refractivity contribution in [2.24, 2.45) is 0 Å². The molecule has 0 spiro atoms. The summed E-state index contributed by atoms with van der Waals surface area (Å²) in [6, 6.07) is 1.44. The van der Waals surface area contributed by atoms with Crippen molar-refractivity contribution in [2.75, 3.05) is 6.54 Å². The first-order chi connectivity index (χ1) is 6.88. The van der Waals surface area contributed by atoms with E-state index in [1.807, 2.05) is 0 Å². The van der Waals surface area contributed by atoms with Crippen molar-refractivity contribution in [2.45, 2.75) is 69.9 Å². The van der Waals surface area contributed by atoms with Crippen LogP contribution in [0.1, 0.15) is 34.1 Å². The second-order valence-electron chi connectivity index (χ2n) is 5.94. The molecule has 0 aliphatic carbocycles.